The highest BCUT2D eigenvalue weighted by atomic mass is 16.2. The molecular weight excluding hydrogens is 328 g/mol. The van der Waals surface area contributed by atoms with Crippen LogP contribution >= 0.6 is 0 Å². The predicted molar refractivity (Wildman–Crippen MR) is 98.8 cm³/mol. The highest BCUT2D eigenvalue weighted by Gasteiger charge is 2.25. The minimum Gasteiger partial charge on any atom is -0.343 e. The van der Waals surface area contributed by atoms with Gasteiger partial charge in [-0.3, -0.25) is 9.59 Å². The number of piperidine rings is 1. The lowest BCUT2D eigenvalue weighted by Gasteiger charge is -2.32. The summed E-state index contributed by atoms with van der Waals surface area (Å²) >= 11 is 0. The summed E-state index contributed by atoms with van der Waals surface area (Å²) in [4.78, 5) is 36.6. The first-order chi connectivity index (χ1) is 12.5. The molecule has 0 saturated carbocycles. The van der Waals surface area contributed by atoms with Crippen molar-refractivity contribution < 1.29 is 9.59 Å². The summed E-state index contributed by atoms with van der Waals surface area (Å²) in [5.74, 6) is 0.299. The van der Waals surface area contributed by atoms with Gasteiger partial charge < -0.3 is 9.80 Å². The van der Waals surface area contributed by atoms with Crippen molar-refractivity contribution in [2.75, 3.05) is 27.2 Å². The molecule has 136 valence electrons. The molecule has 6 heteroatoms. The number of likely N-dealkylation sites (tertiary alicyclic amines) is 1. The molecule has 1 fully saturated rings. The first kappa shape index (κ1) is 18.0. The van der Waals surface area contributed by atoms with Crippen LogP contribution in [0.25, 0.3) is 0 Å². The maximum Gasteiger partial charge on any atom is 0.272 e. The molecule has 1 atom stereocenters. The van der Waals surface area contributed by atoms with E-state index >= 15 is 0 Å². The molecule has 6 nitrogen and oxygen atoms in total. The Hall–Kier alpha value is -2.76. The van der Waals surface area contributed by atoms with Crippen LogP contribution in [0, 0.1) is 5.92 Å². The number of rotatable bonds is 4. The molecule has 0 bridgehead atoms. The van der Waals surface area contributed by atoms with Gasteiger partial charge in [-0.05, 0) is 43.4 Å². The van der Waals surface area contributed by atoms with E-state index in [1.807, 2.05) is 35.2 Å². The van der Waals surface area contributed by atoms with Crippen LogP contribution < -0.4 is 0 Å². The largest absolute Gasteiger partial charge is 0.343 e. The van der Waals surface area contributed by atoms with Crippen LogP contribution in [0.1, 0.15) is 39.4 Å². The Morgan fingerprint density at radius 1 is 1.19 bits per heavy atom. The van der Waals surface area contributed by atoms with E-state index < -0.39 is 0 Å². The van der Waals surface area contributed by atoms with Crippen molar-refractivity contribution in [1.29, 1.82) is 0 Å². The van der Waals surface area contributed by atoms with Gasteiger partial charge in [0.2, 0.25) is 0 Å². The fourth-order valence-electron chi connectivity index (χ4n) is 3.33. The maximum absolute atomic E-state index is 12.7. The van der Waals surface area contributed by atoms with Gasteiger partial charge in [0.25, 0.3) is 11.8 Å². The smallest absolute Gasteiger partial charge is 0.272 e. The molecule has 0 aliphatic carbocycles. The fourth-order valence-corrected chi connectivity index (χ4v) is 3.33. The van der Waals surface area contributed by atoms with Gasteiger partial charge in [0, 0.05) is 38.4 Å². The maximum atomic E-state index is 12.7. The Morgan fingerprint density at radius 3 is 2.69 bits per heavy atom. The summed E-state index contributed by atoms with van der Waals surface area (Å²) in [5, 5.41) is 0. The second kappa shape index (κ2) is 8.08. The first-order valence-corrected chi connectivity index (χ1v) is 8.91. The summed E-state index contributed by atoms with van der Waals surface area (Å²) in [5.41, 5.74) is 1.99. The van der Waals surface area contributed by atoms with E-state index in [9.17, 15) is 9.59 Å². The molecule has 0 unspecified atom stereocenters. The van der Waals surface area contributed by atoms with Crippen molar-refractivity contribution in [3.8, 4) is 0 Å². The highest BCUT2D eigenvalue weighted by molar-refractivity contribution is 5.94. The van der Waals surface area contributed by atoms with E-state index in [1.165, 1.54) is 11.2 Å². The van der Waals surface area contributed by atoms with Crippen molar-refractivity contribution >= 4 is 11.8 Å². The zero-order valence-electron chi connectivity index (χ0n) is 15.3. The minimum absolute atomic E-state index is 0.0847. The number of amides is 2. The zero-order chi connectivity index (χ0) is 18.5. The summed E-state index contributed by atoms with van der Waals surface area (Å²) in [7, 11) is 3.41. The summed E-state index contributed by atoms with van der Waals surface area (Å²) in [6, 6.07) is 11.2. The molecule has 3 rings (SSSR count). The van der Waals surface area contributed by atoms with Crippen LogP contribution in [0.4, 0.5) is 0 Å². The van der Waals surface area contributed by atoms with E-state index in [1.54, 1.807) is 20.2 Å². The van der Waals surface area contributed by atoms with Gasteiger partial charge in [0.05, 0.1) is 0 Å². The number of benzene rings is 1. The third-order valence-corrected chi connectivity index (χ3v) is 4.67. The lowest BCUT2D eigenvalue weighted by atomic mass is 9.92. The van der Waals surface area contributed by atoms with E-state index in [2.05, 4.69) is 9.97 Å². The van der Waals surface area contributed by atoms with Gasteiger partial charge in [-0.15, -0.1) is 0 Å². The average molecular weight is 352 g/mol. The zero-order valence-corrected chi connectivity index (χ0v) is 15.3. The normalized spacial score (nSPS) is 17.0. The second-order valence-corrected chi connectivity index (χ2v) is 6.92. The summed E-state index contributed by atoms with van der Waals surface area (Å²) < 4.78 is 0. The molecule has 26 heavy (non-hydrogen) atoms. The molecule has 1 aliphatic rings. The van der Waals surface area contributed by atoms with Gasteiger partial charge in [-0.1, -0.05) is 18.2 Å². The molecule has 0 N–H and O–H groups in total. The molecule has 2 aromatic rings. The monoisotopic (exact) mass is 352 g/mol. The topological polar surface area (TPSA) is 66.4 Å². The molecule has 1 saturated heterocycles. The average Bonchev–Trinajstić information content (AvgIpc) is 2.68. The molecule has 1 aromatic carbocycles. The third kappa shape index (κ3) is 4.25. The quantitative estimate of drug-likeness (QED) is 0.847. The van der Waals surface area contributed by atoms with Crippen molar-refractivity contribution in [2.24, 2.45) is 5.92 Å². The van der Waals surface area contributed by atoms with Crippen LogP contribution in [0.2, 0.25) is 0 Å². The second-order valence-electron chi connectivity index (χ2n) is 6.92. The molecule has 0 spiro atoms. The molecule has 1 aliphatic heterocycles. The number of carbonyl (C=O) groups is 2. The van der Waals surface area contributed by atoms with Crippen molar-refractivity contribution in [3.63, 3.8) is 0 Å². The van der Waals surface area contributed by atoms with Gasteiger partial charge >= 0.3 is 0 Å². The number of hydrogen-bond donors (Lipinski definition) is 0. The van der Waals surface area contributed by atoms with E-state index in [-0.39, 0.29) is 11.8 Å². The molecule has 2 heterocycles. The predicted octanol–water partition coefficient (Wildman–Crippen LogP) is 2.27. The Labute approximate surface area is 153 Å². The summed E-state index contributed by atoms with van der Waals surface area (Å²) in [6.45, 7) is 1.51. The summed E-state index contributed by atoms with van der Waals surface area (Å²) in [6.07, 6.45) is 4.23. The number of nitrogens with zero attached hydrogens (tertiary/aromatic N) is 4. The fraction of sp³-hybridized carbons (Fsp3) is 0.400. The van der Waals surface area contributed by atoms with Gasteiger partial charge in [-0.2, -0.15) is 0 Å². The number of hydrogen-bond acceptors (Lipinski definition) is 4. The minimum atomic E-state index is -0.127. The number of carbonyl (C=O) groups excluding carboxylic acids is 2. The van der Waals surface area contributed by atoms with E-state index in [4.69, 9.17) is 0 Å². The van der Waals surface area contributed by atoms with Gasteiger partial charge in [0.15, 0.2) is 0 Å². The van der Waals surface area contributed by atoms with Crippen molar-refractivity contribution in [1.82, 2.24) is 19.8 Å². The first-order valence-electron chi connectivity index (χ1n) is 8.91. The lowest BCUT2D eigenvalue weighted by Crippen LogP contribution is -2.40. The van der Waals surface area contributed by atoms with Gasteiger partial charge in [-0.25, -0.2) is 9.97 Å². The van der Waals surface area contributed by atoms with Crippen LogP contribution in [-0.2, 0) is 6.42 Å². The van der Waals surface area contributed by atoms with Crippen molar-refractivity contribution in [3.05, 3.63) is 59.7 Å². The Kier molecular flexibility index (Phi) is 5.61. The Balaban J connectivity index is 1.66. The van der Waals surface area contributed by atoms with Crippen LogP contribution in [-0.4, -0.2) is 58.8 Å². The Morgan fingerprint density at radius 2 is 1.96 bits per heavy atom. The third-order valence-electron chi connectivity index (χ3n) is 4.67. The highest BCUT2D eigenvalue weighted by Crippen LogP contribution is 2.22. The van der Waals surface area contributed by atoms with E-state index in [0.29, 0.717) is 18.2 Å². The van der Waals surface area contributed by atoms with Gasteiger partial charge in [0.1, 0.15) is 12.0 Å². The van der Waals surface area contributed by atoms with E-state index in [0.717, 1.165) is 37.1 Å². The molecule has 1 aromatic heterocycles. The SMILES string of the molecule is CN(C)C(=O)c1cc(C[C@@H]2CCCN(C(=O)c3ccccc3)C2)ncn1. The van der Waals surface area contributed by atoms with Crippen LogP contribution in [0.5, 0.6) is 0 Å². The molecule has 2 amide bonds. The standard InChI is InChI=1S/C20H24N4O2/c1-23(2)20(26)18-12-17(21-14-22-18)11-15-7-6-10-24(13-15)19(25)16-8-4-3-5-9-16/h3-5,8-9,12,14-15H,6-7,10-11,13H2,1-2H3/t15-/m0/s1. The Bertz CT molecular complexity index is 776. The number of aromatic nitrogens is 2. The van der Waals surface area contributed by atoms with Crippen molar-refractivity contribution in [2.45, 2.75) is 19.3 Å². The molecule has 0 radical (unpaired) electrons. The van der Waals surface area contributed by atoms with Crippen LogP contribution in [0.3, 0.4) is 0 Å². The van der Waals surface area contributed by atoms with Crippen LogP contribution in [0.15, 0.2) is 42.7 Å². The lowest BCUT2D eigenvalue weighted by molar-refractivity contribution is 0.0672. The molecular formula is C20H24N4O2.